The van der Waals surface area contributed by atoms with E-state index in [-0.39, 0.29) is 30.3 Å². The molecule has 0 radical (unpaired) electrons. The van der Waals surface area contributed by atoms with Gasteiger partial charge in [-0.05, 0) is 38.4 Å². The molecule has 6 heteroatoms. The number of rotatable bonds is 8. The van der Waals surface area contributed by atoms with Crippen molar-refractivity contribution < 1.29 is 9.59 Å². The first kappa shape index (κ1) is 19.9. The number of likely N-dealkylation sites (N-methyl/N-ethyl adjacent to an activating group) is 1. The van der Waals surface area contributed by atoms with Gasteiger partial charge in [-0.3, -0.25) is 14.5 Å². The highest BCUT2D eigenvalue weighted by Crippen LogP contribution is 2.20. The summed E-state index contributed by atoms with van der Waals surface area (Å²) in [4.78, 5) is 26.9. The SMILES string of the molecule is CCN(CC(=O)Nc1ccccc1C(=O)NC1CCCC1)CC(C)C#N. The molecule has 0 spiro atoms. The summed E-state index contributed by atoms with van der Waals surface area (Å²) in [6.45, 7) is 5.22. The molecule has 26 heavy (non-hydrogen) atoms. The van der Waals surface area contributed by atoms with E-state index >= 15 is 0 Å². The Hall–Kier alpha value is -2.39. The van der Waals surface area contributed by atoms with E-state index in [0.717, 1.165) is 25.7 Å². The van der Waals surface area contributed by atoms with Crippen LogP contribution in [0.2, 0.25) is 0 Å². The second-order valence-electron chi connectivity index (χ2n) is 6.91. The van der Waals surface area contributed by atoms with Gasteiger partial charge in [-0.2, -0.15) is 5.26 Å². The molecule has 1 aliphatic rings. The number of hydrogen-bond acceptors (Lipinski definition) is 4. The van der Waals surface area contributed by atoms with Crippen molar-refractivity contribution in [1.82, 2.24) is 10.2 Å². The Bertz CT molecular complexity index is 662. The summed E-state index contributed by atoms with van der Waals surface area (Å²) in [7, 11) is 0. The first-order valence-corrected chi connectivity index (χ1v) is 9.35. The Balaban J connectivity index is 1.98. The van der Waals surface area contributed by atoms with Crippen LogP contribution in [-0.4, -0.2) is 42.4 Å². The quantitative estimate of drug-likeness (QED) is 0.750. The molecule has 1 aromatic rings. The molecular formula is C20H28N4O2. The van der Waals surface area contributed by atoms with Crippen LogP contribution in [0.15, 0.2) is 24.3 Å². The van der Waals surface area contributed by atoms with Gasteiger partial charge in [-0.25, -0.2) is 0 Å². The molecule has 1 fully saturated rings. The van der Waals surface area contributed by atoms with Gasteiger partial charge in [0.1, 0.15) is 0 Å². The standard InChI is InChI=1S/C20H28N4O2/c1-3-24(13-15(2)12-21)14-19(25)23-18-11-7-6-10-17(18)20(26)22-16-8-4-5-9-16/h6-7,10-11,15-16H,3-5,8-9,13-14H2,1-2H3,(H,22,26)(H,23,25). The van der Waals surface area contributed by atoms with Crippen molar-refractivity contribution in [3.8, 4) is 6.07 Å². The highest BCUT2D eigenvalue weighted by molar-refractivity contribution is 6.04. The lowest BCUT2D eigenvalue weighted by Gasteiger charge is -2.21. The first-order chi connectivity index (χ1) is 12.5. The Morgan fingerprint density at radius 3 is 2.65 bits per heavy atom. The van der Waals surface area contributed by atoms with Gasteiger partial charge in [0.2, 0.25) is 5.91 Å². The fourth-order valence-electron chi connectivity index (χ4n) is 3.25. The molecule has 0 aromatic heterocycles. The third-order valence-corrected chi connectivity index (χ3v) is 4.70. The van der Waals surface area contributed by atoms with Crippen LogP contribution in [0.3, 0.4) is 0 Å². The Kier molecular flexibility index (Phi) is 7.61. The zero-order valence-electron chi connectivity index (χ0n) is 15.6. The van der Waals surface area contributed by atoms with Crippen LogP contribution in [0.4, 0.5) is 5.69 Å². The lowest BCUT2D eigenvalue weighted by molar-refractivity contribution is -0.117. The van der Waals surface area contributed by atoms with Gasteiger partial charge < -0.3 is 10.6 Å². The predicted molar refractivity (Wildman–Crippen MR) is 102 cm³/mol. The molecule has 2 N–H and O–H groups in total. The van der Waals surface area contributed by atoms with E-state index in [1.165, 1.54) is 0 Å². The molecule has 1 aliphatic carbocycles. The largest absolute Gasteiger partial charge is 0.349 e. The summed E-state index contributed by atoms with van der Waals surface area (Å²) in [6, 6.07) is 9.49. The summed E-state index contributed by atoms with van der Waals surface area (Å²) in [5.41, 5.74) is 1.01. The molecule has 1 unspecified atom stereocenters. The number of benzene rings is 1. The minimum Gasteiger partial charge on any atom is -0.349 e. The highest BCUT2D eigenvalue weighted by atomic mass is 16.2. The van der Waals surface area contributed by atoms with Crippen LogP contribution < -0.4 is 10.6 Å². The van der Waals surface area contributed by atoms with Crippen molar-refractivity contribution in [2.45, 2.75) is 45.6 Å². The number of nitriles is 1. The van der Waals surface area contributed by atoms with E-state index in [9.17, 15) is 9.59 Å². The van der Waals surface area contributed by atoms with E-state index in [2.05, 4.69) is 16.7 Å². The van der Waals surface area contributed by atoms with Gasteiger partial charge in [-0.15, -0.1) is 0 Å². The zero-order valence-corrected chi connectivity index (χ0v) is 15.6. The molecule has 1 saturated carbocycles. The van der Waals surface area contributed by atoms with Crippen LogP contribution >= 0.6 is 0 Å². The topological polar surface area (TPSA) is 85.2 Å². The summed E-state index contributed by atoms with van der Waals surface area (Å²) in [5.74, 6) is -0.455. The number of amides is 2. The van der Waals surface area contributed by atoms with Crippen molar-refractivity contribution in [2.24, 2.45) is 5.92 Å². The van der Waals surface area contributed by atoms with Gasteiger partial charge in [0, 0.05) is 12.6 Å². The van der Waals surface area contributed by atoms with E-state index in [0.29, 0.717) is 24.3 Å². The van der Waals surface area contributed by atoms with Gasteiger partial charge in [0.15, 0.2) is 0 Å². The van der Waals surface area contributed by atoms with Gasteiger partial charge >= 0.3 is 0 Å². The number of para-hydroxylation sites is 1. The lowest BCUT2D eigenvalue weighted by atomic mass is 10.1. The molecule has 1 atom stereocenters. The Morgan fingerprint density at radius 1 is 1.31 bits per heavy atom. The summed E-state index contributed by atoms with van der Waals surface area (Å²) >= 11 is 0. The van der Waals surface area contributed by atoms with Crippen LogP contribution in [0.25, 0.3) is 0 Å². The van der Waals surface area contributed by atoms with Crippen molar-refractivity contribution in [3.05, 3.63) is 29.8 Å². The molecule has 0 saturated heterocycles. The molecule has 0 heterocycles. The van der Waals surface area contributed by atoms with Gasteiger partial charge in [-0.1, -0.05) is 31.9 Å². The molecule has 2 amide bonds. The second-order valence-corrected chi connectivity index (χ2v) is 6.91. The van der Waals surface area contributed by atoms with Crippen molar-refractivity contribution in [3.63, 3.8) is 0 Å². The maximum atomic E-state index is 12.6. The summed E-state index contributed by atoms with van der Waals surface area (Å²) in [5, 5.41) is 14.8. The van der Waals surface area contributed by atoms with Crippen LogP contribution in [-0.2, 0) is 4.79 Å². The zero-order chi connectivity index (χ0) is 18.9. The smallest absolute Gasteiger partial charge is 0.253 e. The molecule has 6 nitrogen and oxygen atoms in total. The summed E-state index contributed by atoms with van der Waals surface area (Å²) < 4.78 is 0. The van der Waals surface area contributed by atoms with Crippen molar-refractivity contribution in [2.75, 3.05) is 25.0 Å². The van der Waals surface area contributed by atoms with Gasteiger partial charge in [0.05, 0.1) is 29.8 Å². The maximum absolute atomic E-state index is 12.6. The molecular weight excluding hydrogens is 328 g/mol. The van der Waals surface area contributed by atoms with Gasteiger partial charge in [0.25, 0.3) is 5.91 Å². The number of hydrogen-bond donors (Lipinski definition) is 2. The minimum atomic E-state index is -0.182. The predicted octanol–water partition coefficient (Wildman–Crippen LogP) is 2.78. The number of anilines is 1. The number of carbonyl (C=O) groups is 2. The third-order valence-electron chi connectivity index (χ3n) is 4.70. The van der Waals surface area contributed by atoms with Crippen molar-refractivity contribution in [1.29, 1.82) is 5.26 Å². The lowest BCUT2D eigenvalue weighted by Crippen LogP contribution is -2.36. The molecule has 140 valence electrons. The molecule has 1 aromatic carbocycles. The average molecular weight is 356 g/mol. The van der Waals surface area contributed by atoms with E-state index < -0.39 is 0 Å². The Morgan fingerprint density at radius 2 is 2.00 bits per heavy atom. The summed E-state index contributed by atoms with van der Waals surface area (Å²) in [6.07, 6.45) is 4.33. The van der Waals surface area contributed by atoms with Crippen LogP contribution in [0, 0.1) is 17.2 Å². The first-order valence-electron chi connectivity index (χ1n) is 9.35. The van der Waals surface area contributed by atoms with E-state index in [1.54, 1.807) is 24.3 Å². The van der Waals surface area contributed by atoms with E-state index in [1.807, 2.05) is 18.7 Å². The number of nitrogens with one attached hydrogen (secondary N) is 2. The van der Waals surface area contributed by atoms with Crippen LogP contribution in [0.5, 0.6) is 0 Å². The van der Waals surface area contributed by atoms with Crippen molar-refractivity contribution >= 4 is 17.5 Å². The fourth-order valence-corrected chi connectivity index (χ4v) is 3.25. The highest BCUT2D eigenvalue weighted by Gasteiger charge is 2.20. The molecule has 2 rings (SSSR count). The van der Waals surface area contributed by atoms with E-state index in [4.69, 9.17) is 5.26 Å². The third kappa shape index (κ3) is 5.85. The number of nitrogens with zero attached hydrogens (tertiary/aromatic N) is 2. The fraction of sp³-hybridized carbons (Fsp3) is 0.550. The Labute approximate surface area is 155 Å². The number of carbonyl (C=O) groups excluding carboxylic acids is 2. The average Bonchev–Trinajstić information content (AvgIpc) is 3.14. The minimum absolute atomic E-state index is 0.132. The maximum Gasteiger partial charge on any atom is 0.253 e. The molecule has 0 bridgehead atoms. The normalized spacial score (nSPS) is 15.5. The molecule has 0 aliphatic heterocycles. The van der Waals surface area contributed by atoms with Crippen LogP contribution in [0.1, 0.15) is 49.9 Å². The monoisotopic (exact) mass is 356 g/mol. The second kappa shape index (κ2) is 9.93.